The van der Waals surface area contributed by atoms with Crippen molar-refractivity contribution in [1.82, 2.24) is 0 Å². The predicted molar refractivity (Wildman–Crippen MR) is 107 cm³/mol. The molecule has 0 bridgehead atoms. The molecule has 0 saturated heterocycles. The Balaban J connectivity index is 2.23. The Morgan fingerprint density at radius 2 is 1.75 bits per heavy atom. The summed E-state index contributed by atoms with van der Waals surface area (Å²) in [4.78, 5) is 24.6. The van der Waals surface area contributed by atoms with E-state index < -0.39 is 5.97 Å². The van der Waals surface area contributed by atoms with Gasteiger partial charge in [-0.25, -0.2) is 4.79 Å². The summed E-state index contributed by atoms with van der Waals surface area (Å²) in [5, 5.41) is 10.9. The summed E-state index contributed by atoms with van der Waals surface area (Å²) in [5.41, 5.74) is 4.09. The van der Waals surface area contributed by atoms with Gasteiger partial charge in [0.05, 0.1) is 12.7 Å². The number of esters is 1. The Labute approximate surface area is 161 Å². The quantitative estimate of drug-likeness (QED) is 0.407. The Morgan fingerprint density at radius 1 is 1.00 bits per heavy atom. The fraction of sp³-hybridized carbons (Fsp3) is 0.130. The number of benzene rings is 3. The number of hydrogen-bond acceptors (Lipinski definition) is 5. The first-order valence-electron chi connectivity index (χ1n) is 8.79. The molecule has 2 aromatic rings. The van der Waals surface area contributed by atoms with Crippen molar-refractivity contribution in [3.05, 3.63) is 75.4 Å². The summed E-state index contributed by atoms with van der Waals surface area (Å²) >= 11 is 0. The minimum absolute atomic E-state index is 0.0947. The first kappa shape index (κ1) is 17.8. The summed E-state index contributed by atoms with van der Waals surface area (Å²) in [5.74, 6) is 0.0312. The fourth-order valence-electron chi connectivity index (χ4n) is 3.45. The van der Waals surface area contributed by atoms with Crippen LogP contribution in [0.25, 0.3) is 33.4 Å². The highest BCUT2D eigenvalue weighted by Gasteiger charge is 2.23. The van der Waals surface area contributed by atoms with Crippen LogP contribution in [0.2, 0.25) is 0 Å². The van der Waals surface area contributed by atoms with E-state index in [0.717, 1.165) is 10.9 Å². The number of rotatable bonds is 2. The van der Waals surface area contributed by atoms with Gasteiger partial charge in [0.15, 0.2) is 5.43 Å². The third kappa shape index (κ3) is 2.72. The van der Waals surface area contributed by atoms with Crippen LogP contribution in [0.4, 0.5) is 0 Å². The zero-order valence-corrected chi connectivity index (χ0v) is 15.7. The number of aryl methyl sites for hydroxylation is 2. The first-order valence-corrected chi connectivity index (χ1v) is 8.79. The second-order valence-electron chi connectivity index (χ2n) is 6.76. The molecule has 0 radical (unpaired) electrons. The van der Waals surface area contributed by atoms with Crippen LogP contribution in [-0.2, 0) is 4.74 Å². The van der Waals surface area contributed by atoms with E-state index in [1.165, 1.54) is 19.2 Å². The molecule has 2 aliphatic rings. The van der Waals surface area contributed by atoms with Gasteiger partial charge >= 0.3 is 5.97 Å². The highest BCUT2D eigenvalue weighted by Crippen LogP contribution is 2.43. The third-order valence-electron chi connectivity index (χ3n) is 4.94. The average Bonchev–Trinajstić information content (AvgIpc) is 2.68. The second-order valence-corrected chi connectivity index (χ2v) is 6.76. The zero-order chi connectivity index (χ0) is 20.0. The van der Waals surface area contributed by atoms with Gasteiger partial charge in [0.2, 0.25) is 0 Å². The highest BCUT2D eigenvalue weighted by atomic mass is 16.5. The Hall–Kier alpha value is -3.60. The highest BCUT2D eigenvalue weighted by molar-refractivity contribution is 6.08. The molecule has 1 aliphatic heterocycles. The van der Waals surface area contributed by atoms with E-state index in [2.05, 4.69) is 0 Å². The summed E-state index contributed by atoms with van der Waals surface area (Å²) < 4.78 is 10.9. The molecule has 0 unspecified atom stereocenters. The van der Waals surface area contributed by atoms with E-state index >= 15 is 0 Å². The number of carbonyl (C=O) groups is 1. The van der Waals surface area contributed by atoms with E-state index in [9.17, 15) is 14.7 Å². The molecule has 0 amide bonds. The van der Waals surface area contributed by atoms with Crippen molar-refractivity contribution < 1.29 is 19.1 Å². The first-order chi connectivity index (χ1) is 13.4. The van der Waals surface area contributed by atoms with Crippen LogP contribution in [0, 0.1) is 13.8 Å². The maximum atomic E-state index is 12.4. The van der Waals surface area contributed by atoms with Gasteiger partial charge in [-0.1, -0.05) is 18.2 Å². The average molecular weight is 374 g/mol. The Kier molecular flexibility index (Phi) is 4.15. The molecule has 5 nitrogen and oxygen atoms in total. The minimum atomic E-state index is -0.453. The summed E-state index contributed by atoms with van der Waals surface area (Å²) in [6.45, 7) is 3.53. The molecule has 4 rings (SSSR count). The maximum Gasteiger partial charge on any atom is 0.338 e. The Morgan fingerprint density at radius 3 is 2.50 bits per heavy atom. The number of ether oxygens (including phenoxy) is 1. The van der Waals surface area contributed by atoms with Gasteiger partial charge in [0.25, 0.3) is 0 Å². The minimum Gasteiger partial charge on any atom is -0.508 e. The molecular formula is C23H18O5. The van der Waals surface area contributed by atoms with E-state index in [4.69, 9.17) is 9.15 Å². The standard InChI is InChI=1S/C23H18O5/c1-12-8-16-20(10-18(12)24)28-21-11-19(25)13(2)9-17(21)22(16)14-6-4-5-7-15(14)23(26)27-3/h4-11,24H,1-3H3. The number of aromatic hydroxyl groups is 1. The molecule has 140 valence electrons. The topological polar surface area (TPSA) is 76.7 Å². The zero-order valence-electron chi connectivity index (χ0n) is 15.7. The Bertz CT molecular complexity index is 1270. The van der Waals surface area contributed by atoms with E-state index in [1.54, 1.807) is 32.0 Å². The lowest BCUT2D eigenvalue weighted by atomic mass is 9.89. The SMILES string of the molecule is COC(=O)c1ccccc1-c1c2cc(C)c(=O)cc-2oc2cc(O)c(C)cc12. The molecule has 1 heterocycles. The number of hydrogen-bond donors (Lipinski definition) is 1. The molecule has 0 atom stereocenters. The lowest BCUT2D eigenvalue weighted by molar-refractivity contribution is 0.0601. The smallest absolute Gasteiger partial charge is 0.338 e. The molecule has 28 heavy (non-hydrogen) atoms. The van der Waals surface area contributed by atoms with Gasteiger partial charge in [0, 0.05) is 28.6 Å². The van der Waals surface area contributed by atoms with Crippen molar-refractivity contribution in [2.24, 2.45) is 0 Å². The van der Waals surface area contributed by atoms with Gasteiger partial charge in [-0.15, -0.1) is 0 Å². The fourth-order valence-corrected chi connectivity index (χ4v) is 3.45. The van der Waals surface area contributed by atoms with Crippen molar-refractivity contribution in [2.75, 3.05) is 7.11 Å². The summed E-state index contributed by atoms with van der Waals surface area (Å²) in [6, 6.07) is 13.7. The van der Waals surface area contributed by atoms with Crippen molar-refractivity contribution in [3.8, 4) is 28.2 Å². The van der Waals surface area contributed by atoms with Crippen molar-refractivity contribution in [1.29, 1.82) is 0 Å². The van der Waals surface area contributed by atoms with E-state index in [0.29, 0.717) is 39.2 Å². The molecule has 1 aliphatic carbocycles. The van der Waals surface area contributed by atoms with Gasteiger partial charge in [0.1, 0.15) is 17.1 Å². The van der Waals surface area contributed by atoms with Gasteiger partial charge < -0.3 is 14.3 Å². The van der Waals surface area contributed by atoms with Crippen LogP contribution in [0.5, 0.6) is 5.75 Å². The van der Waals surface area contributed by atoms with Gasteiger partial charge in [-0.2, -0.15) is 0 Å². The largest absolute Gasteiger partial charge is 0.508 e. The van der Waals surface area contributed by atoms with Crippen LogP contribution in [-0.4, -0.2) is 18.2 Å². The number of carbonyl (C=O) groups excluding carboxylic acids is 1. The van der Waals surface area contributed by atoms with Gasteiger partial charge in [-0.3, -0.25) is 4.79 Å². The van der Waals surface area contributed by atoms with Crippen LogP contribution >= 0.6 is 0 Å². The van der Waals surface area contributed by atoms with Crippen molar-refractivity contribution >= 4 is 16.9 Å². The lowest BCUT2D eigenvalue weighted by Crippen LogP contribution is -2.07. The molecule has 0 aromatic heterocycles. The lowest BCUT2D eigenvalue weighted by Gasteiger charge is -2.18. The molecule has 2 aromatic carbocycles. The van der Waals surface area contributed by atoms with Crippen LogP contribution in [0.3, 0.4) is 0 Å². The van der Waals surface area contributed by atoms with Crippen LogP contribution < -0.4 is 5.43 Å². The second kappa shape index (κ2) is 6.53. The predicted octanol–water partition coefficient (Wildman–Crippen LogP) is 4.67. The molecule has 1 N–H and O–H groups in total. The number of phenols is 1. The summed E-state index contributed by atoms with van der Waals surface area (Å²) in [7, 11) is 1.34. The molecular weight excluding hydrogens is 356 g/mol. The van der Waals surface area contributed by atoms with Crippen molar-refractivity contribution in [3.63, 3.8) is 0 Å². The van der Waals surface area contributed by atoms with Crippen LogP contribution in [0.15, 0.2) is 57.7 Å². The molecule has 0 spiro atoms. The van der Waals surface area contributed by atoms with Crippen molar-refractivity contribution in [2.45, 2.75) is 13.8 Å². The number of fused-ring (bicyclic) bond motifs is 2. The summed E-state index contributed by atoms with van der Waals surface area (Å²) in [6.07, 6.45) is 0. The maximum absolute atomic E-state index is 12.4. The molecule has 0 saturated carbocycles. The van der Waals surface area contributed by atoms with E-state index in [-0.39, 0.29) is 11.2 Å². The number of phenolic OH excluding ortho intramolecular Hbond substituents is 1. The number of methoxy groups -OCH3 is 1. The molecule has 0 fully saturated rings. The normalized spacial score (nSPS) is 11.1. The third-order valence-corrected chi connectivity index (χ3v) is 4.94. The monoisotopic (exact) mass is 374 g/mol. The van der Waals surface area contributed by atoms with Gasteiger partial charge in [-0.05, 0) is 48.7 Å². The van der Waals surface area contributed by atoms with E-state index in [1.807, 2.05) is 18.2 Å². The van der Waals surface area contributed by atoms with Crippen LogP contribution in [0.1, 0.15) is 21.5 Å². The molecule has 5 heteroatoms.